The Morgan fingerprint density at radius 2 is 1.56 bits per heavy atom. The highest BCUT2D eigenvalue weighted by atomic mass is 16.5. The van der Waals surface area contributed by atoms with Crippen LogP contribution < -0.4 is 0 Å². The predicted molar refractivity (Wildman–Crippen MR) is 68.7 cm³/mol. The Morgan fingerprint density at radius 1 is 1.00 bits per heavy atom. The Morgan fingerprint density at radius 3 is 2.12 bits per heavy atom. The second-order valence-electron chi connectivity index (χ2n) is 4.88. The average molecular weight is 228 g/mol. The quantitative estimate of drug-likeness (QED) is 0.526. The van der Waals surface area contributed by atoms with Gasteiger partial charge in [0.05, 0.1) is 0 Å². The molecule has 0 bridgehead atoms. The van der Waals surface area contributed by atoms with E-state index in [0.29, 0.717) is 13.0 Å². The number of hydrogen-bond acceptors (Lipinski definition) is 2. The molecule has 0 radical (unpaired) electrons. The highest BCUT2D eigenvalue weighted by Crippen LogP contribution is 2.16. The Balaban J connectivity index is 3.57. The van der Waals surface area contributed by atoms with Gasteiger partial charge in [-0.05, 0) is 27.2 Å². The summed E-state index contributed by atoms with van der Waals surface area (Å²) in [4.78, 5) is 11.8. The van der Waals surface area contributed by atoms with Gasteiger partial charge in [-0.1, -0.05) is 39.0 Å². The third kappa shape index (κ3) is 7.00. The number of hydrogen-bond donors (Lipinski definition) is 0. The zero-order chi connectivity index (χ0) is 12.4. The number of carbonyl (C=O) groups is 1. The zero-order valence-corrected chi connectivity index (χ0v) is 11.5. The SMILES string of the molecule is CCCCCCCCC(=O)C(C)(C)OCC. The van der Waals surface area contributed by atoms with Gasteiger partial charge >= 0.3 is 0 Å². The summed E-state index contributed by atoms with van der Waals surface area (Å²) in [5.74, 6) is 0.241. The number of Topliss-reactive ketones (excluding diaryl/α,β-unsaturated/α-hetero) is 1. The summed E-state index contributed by atoms with van der Waals surface area (Å²) in [6, 6.07) is 0. The van der Waals surface area contributed by atoms with Crippen molar-refractivity contribution in [2.45, 2.75) is 78.2 Å². The van der Waals surface area contributed by atoms with Gasteiger partial charge in [0.15, 0.2) is 5.78 Å². The highest BCUT2D eigenvalue weighted by molar-refractivity contribution is 5.86. The molecule has 0 unspecified atom stereocenters. The van der Waals surface area contributed by atoms with Crippen molar-refractivity contribution in [2.75, 3.05) is 6.61 Å². The van der Waals surface area contributed by atoms with Crippen LogP contribution in [-0.4, -0.2) is 18.0 Å². The third-order valence-corrected chi connectivity index (χ3v) is 2.93. The van der Waals surface area contributed by atoms with Crippen LogP contribution in [0.3, 0.4) is 0 Å². The van der Waals surface area contributed by atoms with Gasteiger partial charge in [0, 0.05) is 13.0 Å². The molecule has 0 saturated heterocycles. The predicted octanol–water partition coefficient (Wildman–Crippen LogP) is 4.12. The minimum absolute atomic E-state index is 0.241. The molecule has 2 nitrogen and oxygen atoms in total. The number of ketones is 1. The smallest absolute Gasteiger partial charge is 0.164 e. The first kappa shape index (κ1) is 15.6. The lowest BCUT2D eigenvalue weighted by Gasteiger charge is -2.22. The van der Waals surface area contributed by atoms with Crippen LogP contribution in [-0.2, 0) is 9.53 Å². The summed E-state index contributed by atoms with van der Waals surface area (Å²) in [6.07, 6.45) is 8.01. The van der Waals surface area contributed by atoms with Gasteiger partial charge in [0.25, 0.3) is 0 Å². The van der Waals surface area contributed by atoms with Crippen LogP contribution in [0.1, 0.15) is 72.6 Å². The third-order valence-electron chi connectivity index (χ3n) is 2.93. The average Bonchev–Trinajstić information content (AvgIpc) is 2.22. The first-order valence-electron chi connectivity index (χ1n) is 6.71. The summed E-state index contributed by atoms with van der Waals surface area (Å²) < 4.78 is 5.44. The molecule has 96 valence electrons. The van der Waals surface area contributed by atoms with Crippen LogP contribution in [0.25, 0.3) is 0 Å². The molecule has 0 aromatic heterocycles. The minimum atomic E-state index is -0.585. The Kier molecular flexibility index (Phi) is 8.54. The molecule has 0 fully saturated rings. The summed E-state index contributed by atoms with van der Waals surface area (Å²) in [7, 11) is 0. The summed E-state index contributed by atoms with van der Waals surface area (Å²) >= 11 is 0. The fraction of sp³-hybridized carbons (Fsp3) is 0.929. The maximum atomic E-state index is 11.8. The topological polar surface area (TPSA) is 26.3 Å². The van der Waals surface area contributed by atoms with Gasteiger partial charge in [-0.15, -0.1) is 0 Å². The van der Waals surface area contributed by atoms with Gasteiger partial charge < -0.3 is 4.74 Å². The Labute approximate surface area is 101 Å². The first-order valence-corrected chi connectivity index (χ1v) is 6.71. The molecule has 0 amide bonds. The van der Waals surface area contributed by atoms with Crippen LogP contribution in [0, 0.1) is 0 Å². The van der Waals surface area contributed by atoms with E-state index in [1.807, 2.05) is 20.8 Å². The molecule has 0 atom stereocenters. The maximum absolute atomic E-state index is 11.8. The normalized spacial score (nSPS) is 11.8. The summed E-state index contributed by atoms with van der Waals surface area (Å²) in [6.45, 7) is 8.50. The molecular formula is C14H28O2. The van der Waals surface area contributed by atoms with E-state index < -0.39 is 5.60 Å². The molecule has 0 aliphatic carbocycles. The van der Waals surface area contributed by atoms with Gasteiger partial charge in [-0.25, -0.2) is 0 Å². The van der Waals surface area contributed by atoms with Crippen molar-refractivity contribution in [3.63, 3.8) is 0 Å². The maximum Gasteiger partial charge on any atom is 0.164 e. The molecule has 16 heavy (non-hydrogen) atoms. The lowest BCUT2D eigenvalue weighted by atomic mass is 9.97. The molecule has 0 aromatic carbocycles. The fourth-order valence-electron chi connectivity index (χ4n) is 1.81. The summed E-state index contributed by atoms with van der Waals surface area (Å²) in [5, 5.41) is 0. The number of carbonyl (C=O) groups excluding carboxylic acids is 1. The molecule has 2 heteroatoms. The molecular weight excluding hydrogens is 200 g/mol. The second-order valence-corrected chi connectivity index (χ2v) is 4.88. The van der Waals surface area contributed by atoms with E-state index in [4.69, 9.17) is 4.74 Å². The van der Waals surface area contributed by atoms with E-state index in [9.17, 15) is 4.79 Å². The van der Waals surface area contributed by atoms with Crippen molar-refractivity contribution in [3.8, 4) is 0 Å². The van der Waals surface area contributed by atoms with E-state index in [1.165, 1.54) is 32.1 Å². The number of rotatable bonds is 10. The van der Waals surface area contributed by atoms with Gasteiger partial charge in [0.2, 0.25) is 0 Å². The highest BCUT2D eigenvalue weighted by Gasteiger charge is 2.26. The van der Waals surface area contributed by atoms with E-state index in [0.717, 1.165) is 6.42 Å². The van der Waals surface area contributed by atoms with E-state index in [1.54, 1.807) is 0 Å². The number of ether oxygens (including phenoxy) is 1. The lowest BCUT2D eigenvalue weighted by molar-refractivity contribution is -0.139. The molecule has 0 aliphatic heterocycles. The molecule has 0 N–H and O–H groups in total. The second kappa shape index (κ2) is 8.74. The molecule has 0 aliphatic rings. The van der Waals surface area contributed by atoms with E-state index in [2.05, 4.69) is 6.92 Å². The van der Waals surface area contributed by atoms with Crippen LogP contribution in [0.4, 0.5) is 0 Å². The molecule has 0 aromatic rings. The zero-order valence-electron chi connectivity index (χ0n) is 11.5. The summed E-state index contributed by atoms with van der Waals surface area (Å²) in [5.41, 5.74) is -0.585. The van der Waals surface area contributed by atoms with Crippen molar-refractivity contribution in [3.05, 3.63) is 0 Å². The van der Waals surface area contributed by atoms with Crippen LogP contribution in [0.15, 0.2) is 0 Å². The standard InChI is InChI=1S/C14H28O2/c1-5-7-8-9-10-11-12-13(15)14(3,4)16-6-2/h5-12H2,1-4H3. The van der Waals surface area contributed by atoms with Crippen LogP contribution in [0.2, 0.25) is 0 Å². The van der Waals surface area contributed by atoms with Gasteiger partial charge in [0.1, 0.15) is 5.60 Å². The van der Waals surface area contributed by atoms with Crippen molar-refractivity contribution >= 4 is 5.78 Å². The molecule has 0 heterocycles. The molecule has 0 spiro atoms. The largest absolute Gasteiger partial charge is 0.368 e. The van der Waals surface area contributed by atoms with Gasteiger partial charge in [-0.2, -0.15) is 0 Å². The Bertz CT molecular complexity index is 185. The van der Waals surface area contributed by atoms with E-state index >= 15 is 0 Å². The molecule has 0 rings (SSSR count). The van der Waals surface area contributed by atoms with Crippen molar-refractivity contribution in [1.29, 1.82) is 0 Å². The van der Waals surface area contributed by atoms with Crippen LogP contribution in [0.5, 0.6) is 0 Å². The monoisotopic (exact) mass is 228 g/mol. The van der Waals surface area contributed by atoms with Crippen molar-refractivity contribution in [2.24, 2.45) is 0 Å². The molecule has 0 saturated carbocycles. The number of unbranched alkanes of at least 4 members (excludes halogenated alkanes) is 5. The van der Waals surface area contributed by atoms with E-state index in [-0.39, 0.29) is 5.78 Å². The minimum Gasteiger partial charge on any atom is -0.368 e. The fourth-order valence-corrected chi connectivity index (χ4v) is 1.81. The first-order chi connectivity index (χ1) is 7.54. The van der Waals surface area contributed by atoms with Crippen LogP contribution >= 0.6 is 0 Å². The Hall–Kier alpha value is -0.370. The van der Waals surface area contributed by atoms with Crippen molar-refractivity contribution < 1.29 is 9.53 Å². The van der Waals surface area contributed by atoms with Gasteiger partial charge in [-0.3, -0.25) is 4.79 Å². The lowest BCUT2D eigenvalue weighted by Crippen LogP contribution is -2.34. The van der Waals surface area contributed by atoms with Crippen molar-refractivity contribution in [1.82, 2.24) is 0 Å².